The second-order valence-corrected chi connectivity index (χ2v) is 9.05. The minimum Gasteiger partial charge on any atom is -0.508 e. The Morgan fingerprint density at radius 3 is 2.27 bits per heavy atom. The van der Waals surface area contributed by atoms with E-state index in [4.69, 9.17) is 4.98 Å². The summed E-state index contributed by atoms with van der Waals surface area (Å²) in [7, 11) is 2.12. The Morgan fingerprint density at radius 1 is 0.788 bits per heavy atom. The molecule has 1 N–H and O–H groups in total. The van der Waals surface area contributed by atoms with Crippen molar-refractivity contribution < 1.29 is 5.11 Å². The molecule has 33 heavy (non-hydrogen) atoms. The van der Waals surface area contributed by atoms with Gasteiger partial charge in [-0.05, 0) is 59.3 Å². The van der Waals surface area contributed by atoms with Crippen molar-refractivity contribution in [3.8, 4) is 22.8 Å². The monoisotopic (exact) mass is 489 g/mol. The van der Waals surface area contributed by atoms with Crippen LogP contribution in [-0.4, -0.2) is 21.9 Å². The van der Waals surface area contributed by atoms with Gasteiger partial charge in [0.1, 0.15) is 18.9 Å². The van der Waals surface area contributed by atoms with E-state index in [1.54, 1.807) is 12.1 Å². The fourth-order valence-electron chi connectivity index (χ4n) is 4.61. The highest BCUT2D eigenvalue weighted by molar-refractivity contribution is 9.10. The summed E-state index contributed by atoms with van der Waals surface area (Å²) in [5.74, 6) is 1.08. The molecule has 0 amide bonds. The summed E-state index contributed by atoms with van der Waals surface area (Å²) >= 11 is 3.68. The Labute approximate surface area is 200 Å². The summed E-state index contributed by atoms with van der Waals surface area (Å²) in [5, 5.41) is 14.5. The summed E-state index contributed by atoms with van der Waals surface area (Å²) in [6, 6.07) is 30.6. The van der Waals surface area contributed by atoms with Gasteiger partial charge in [-0.15, -0.1) is 0 Å². The van der Waals surface area contributed by atoms with Crippen molar-refractivity contribution in [1.82, 2.24) is 9.55 Å². The topological polar surface area (TPSA) is 38.1 Å². The summed E-state index contributed by atoms with van der Waals surface area (Å²) in [5.41, 5.74) is 5.19. The van der Waals surface area contributed by atoms with Crippen molar-refractivity contribution in [2.24, 2.45) is 0 Å². The van der Waals surface area contributed by atoms with Crippen LogP contribution in [0.5, 0.6) is 5.75 Å². The number of imidazole rings is 1. The van der Waals surface area contributed by atoms with Crippen molar-refractivity contribution in [3.63, 3.8) is 0 Å². The zero-order valence-corrected chi connectivity index (χ0v) is 19.5. The van der Waals surface area contributed by atoms with Gasteiger partial charge in [-0.3, -0.25) is 4.57 Å². The maximum atomic E-state index is 9.86. The van der Waals surface area contributed by atoms with E-state index in [9.17, 15) is 5.11 Å². The highest BCUT2D eigenvalue weighted by Crippen LogP contribution is 2.39. The number of para-hydroxylation sites is 1. The molecule has 157 valence electrons. The summed E-state index contributed by atoms with van der Waals surface area (Å²) < 4.78 is 3.26. The van der Waals surface area contributed by atoms with Gasteiger partial charge in [-0.1, -0.05) is 70.7 Å². The van der Waals surface area contributed by atoms with Crippen molar-refractivity contribution >= 4 is 61.3 Å². The lowest BCUT2D eigenvalue weighted by Gasteiger charge is -2.13. The van der Waals surface area contributed by atoms with E-state index in [1.807, 2.05) is 30.3 Å². The third kappa shape index (κ3) is 3.23. The highest BCUT2D eigenvalue weighted by Gasteiger charge is 2.20. The summed E-state index contributed by atoms with van der Waals surface area (Å²) in [6.45, 7) is 2.06. The number of phenolic OH excluding ortho intramolecular Hbond substituents is 1. The van der Waals surface area contributed by atoms with Gasteiger partial charge in [-0.25, -0.2) is 4.98 Å². The van der Waals surface area contributed by atoms with Crippen LogP contribution in [0.1, 0.15) is 0 Å². The van der Waals surface area contributed by atoms with Crippen LogP contribution in [0, 0.1) is 0 Å². The first-order valence-electron chi connectivity index (χ1n) is 10.9. The Balaban J connectivity index is 1.87. The van der Waals surface area contributed by atoms with Gasteiger partial charge in [0.05, 0.1) is 11.0 Å². The first kappa shape index (κ1) is 20.1. The lowest BCUT2D eigenvalue weighted by Crippen LogP contribution is -2.09. The average molecular weight is 490 g/mol. The fraction of sp³-hybridized carbons (Fsp3) is 0.0357. The molecule has 0 aliphatic carbocycles. The molecule has 6 rings (SSSR count). The van der Waals surface area contributed by atoms with Gasteiger partial charge in [0.2, 0.25) is 0 Å². The number of phenols is 1. The van der Waals surface area contributed by atoms with Crippen LogP contribution in [0.15, 0.2) is 95.5 Å². The predicted octanol–water partition coefficient (Wildman–Crippen LogP) is 6.84. The predicted molar refractivity (Wildman–Crippen MR) is 142 cm³/mol. The molecule has 5 aromatic carbocycles. The first-order chi connectivity index (χ1) is 16.1. The van der Waals surface area contributed by atoms with Gasteiger partial charge in [0, 0.05) is 26.5 Å². The van der Waals surface area contributed by atoms with Crippen LogP contribution in [0.2, 0.25) is 6.82 Å². The number of nitrogens with zero attached hydrogens (tertiary/aromatic N) is 2. The normalized spacial score (nSPS) is 11.5. The zero-order valence-electron chi connectivity index (χ0n) is 18.0. The number of hydrogen-bond donors (Lipinski definition) is 1. The number of benzene rings is 5. The van der Waals surface area contributed by atoms with Gasteiger partial charge in [0.15, 0.2) is 0 Å². The molecule has 5 heteroatoms. The lowest BCUT2D eigenvalue weighted by atomic mass is 9.72. The van der Waals surface area contributed by atoms with E-state index < -0.39 is 0 Å². The molecule has 1 heterocycles. The number of fused-ring (bicyclic) bond motifs is 6. The van der Waals surface area contributed by atoms with Gasteiger partial charge < -0.3 is 5.11 Å². The summed E-state index contributed by atoms with van der Waals surface area (Å²) in [6.07, 6.45) is 0. The lowest BCUT2D eigenvalue weighted by molar-refractivity contribution is 0.475. The van der Waals surface area contributed by atoms with Crippen LogP contribution >= 0.6 is 15.9 Å². The smallest absolute Gasteiger partial charge is 0.148 e. The molecule has 1 aromatic heterocycles. The minimum atomic E-state index is 0.240. The van der Waals surface area contributed by atoms with Gasteiger partial charge >= 0.3 is 0 Å². The Kier molecular flexibility index (Phi) is 4.73. The molecule has 0 saturated heterocycles. The first-order valence-corrected chi connectivity index (χ1v) is 11.6. The number of aromatic hydroxyl groups is 1. The second kappa shape index (κ2) is 7.78. The molecule has 0 aliphatic heterocycles. The molecule has 0 unspecified atom stereocenters. The van der Waals surface area contributed by atoms with E-state index in [1.165, 1.54) is 16.2 Å². The van der Waals surface area contributed by atoms with E-state index in [-0.39, 0.29) is 5.75 Å². The van der Waals surface area contributed by atoms with Crippen molar-refractivity contribution in [2.45, 2.75) is 6.82 Å². The van der Waals surface area contributed by atoms with Crippen LogP contribution in [-0.2, 0) is 0 Å². The molecule has 0 bridgehead atoms. The molecule has 0 atom stereocenters. The third-order valence-electron chi connectivity index (χ3n) is 6.18. The molecule has 0 spiro atoms. The number of hydrogen-bond acceptors (Lipinski definition) is 2. The fourth-order valence-corrected chi connectivity index (χ4v) is 4.97. The Morgan fingerprint density at radius 2 is 1.52 bits per heavy atom. The quantitative estimate of drug-likeness (QED) is 0.218. The summed E-state index contributed by atoms with van der Waals surface area (Å²) in [4.78, 5) is 5.22. The molecule has 6 aromatic rings. The van der Waals surface area contributed by atoms with E-state index in [0.717, 1.165) is 43.4 Å². The molecular weight excluding hydrogens is 471 g/mol. The highest BCUT2D eigenvalue weighted by atomic mass is 79.9. The SMILES string of the molecule is C[B]c1ccc2c3ccc(Br)cc3c3c(nc(-c4ccc(O)cc4)n3-c3ccccc3)c2c1. The molecular formula is C28H19BBrN2O. The van der Waals surface area contributed by atoms with E-state index in [2.05, 4.69) is 83.1 Å². The number of halogens is 1. The van der Waals surface area contributed by atoms with Crippen LogP contribution in [0.3, 0.4) is 0 Å². The average Bonchev–Trinajstić information content (AvgIpc) is 3.26. The van der Waals surface area contributed by atoms with Crippen LogP contribution in [0.25, 0.3) is 49.7 Å². The van der Waals surface area contributed by atoms with Crippen LogP contribution < -0.4 is 5.46 Å². The maximum absolute atomic E-state index is 9.86. The third-order valence-corrected chi connectivity index (χ3v) is 6.67. The van der Waals surface area contributed by atoms with E-state index in [0.29, 0.717) is 0 Å². The van der Waals surface area contributed by atoms with Crippen molar-refractivity contribution in [2.75, 3.05) is 0 Å². The van der Waals surface area contributed by atoms with E-state index >= 15 is 0 Å². The van der Waals surface area contributed by atoms with Gasteiger partial charge in [-0.2, -0.15) is 0 Å². The molecule has 0 saturated carbocycles. The molecule has 3 nitrogen and oxygen atoms in total. The Bertz CT molecular complexity index is 1660. The molecule has 0 aliphatic rings. The standard InChI is InChI=1S/C28H19BBrN2O/c1-29-18-9-13-22-23-14-10-19(30)16-25(23)27-26(24(22)15-18)31-28(17-7-11-21(33)12-8-17)32(27)20-5-3-2-4-6-20/h2-16,33H,1H3. The largest absolute Gasteiger partial charge is 0.508 e. The second-order valence-electron chi connectivity index (χ2n) is 8.13. The maximum Gasteiger partial charge on any atom is 0.148 e. The van der Waals surface area contributed by atoms with Crippen molar-refractivity contribution in [1.29, 1.82) is 0 Å². The zero-order chi connectivity index (χ0) is 22.5. The Hall–Kier alpha value is -3.57. The number of rotatable bonds is 3. The molecule has 1 radical (unpaired) electrons. The van der Waals surface area contributed by atoms with Gasteiger partial charge in [0.25, 0.3) is 0 Å². The van der Waals surface area contributed by atoms with Crippen LogP contribution in [0.4, 0.5) is 0 Å². The number of aromatic nitrogens is 2. The molecule has 0 fully saturated rings. The van der Waals surface area contributed by atoms with Crippen molar-refractivity contribution in [3.05, 3.63) is 95.5 Å². The minimum absolute atomic E-state index is 0.240.